The topological polar surface area (TPSA) is 121 Å². The van der Waals surface area contributed by atoms with E-state index in [0.717, 1.165) is 15.1 Å². The maximum Gasteiger partial charge on any atom is 0.289 e. The predicted octanol–water partition coefficient (Wildman–Crippen LogP) is 0.712. The minimum absolute atomic E-state index is 0.0138. The smallest absolute Gasteiger partial charge is 0.272 e. The van der Waals surface area contributed by atoms with Gasteiger partial charge in [-0.1, -0.05) is 30.3 Å². The fraction of sp³-hybridized carbons (Fsp3) is 0.111. The van der Waals surface area contributed by atoms with Gasteiger partial charge in [-0.05, 0) is 22.9 Å². The highest BCUT2D eigenvalue weighted by Gasteiger charge is 2.23. The number of aromatic nitrogens is 2. The number of nitrogens with zero attached hydrogens (tertiary/aromatic N) is 3. The minimum atomic E-state index is -3.88. The molecule has 2 aromatic carbocycles. The second-order valence-corrected chi connectivity index (χ2v) is 7.91. The molecule has 2 amide bonds. The Balaban J connectivity index is 1.64. The van der Waals surface area contributed by atoms with Crippen LogP contribution in [0.3, 0.4) is 0 Å². The molecule has 3 rings (SSSR count). The number of amides is 2. The average Bonchev–Trinajstić information content (AvgIpc) is 2.72. The Hall–Kier alpha value is -3.37. The molecule has 0 spiro atoms. The van der Waals surface area contributed by atoms with Gasteiger partial charge in [-0.2, -0.15) is 4.31 Å². The first-order valence-corrected chi connectivity index (χ1v) is 9.62. The molecule has 1 heterocycles. The number of carbonyl (C=O) groups is 2. The van der Waals surface area contributed by atoms with E-state index in [0.29, 0.717) is 0 Å². The quantitative estimate of drug-likeness (QED) is 0.610. The van der Waals surface area contributed by atoms with Crippen molar-refractivity contribution < 1.29 is 18.0 Å². The number of hydrazine groups is 1. The molecule has 10 heteroatoms. The van der Waals surface area contributed by atoms with E-state index in [1.165, 1.54) is 31.7 Å². The van der Waals surface area contributed by atoms with E-state index in [9.17, 15) is 18.0 Å². The largest absolute Gasteiger partial charge is 0.289 e. The van der Waals surface area contributed by atoms with Crippen LogP contribution in [0.4, 0.5) is 0 Å². The number of fused-ring (bicyclic) bond motifs is 1. The van der Waals surface area contributed by atoms with Gasteiger partial charge in [-0.3, -0.25) is 25.4 Å². The molecule has 0 radical (unpaired) electrons. The van der Waals surface area contributed by atoms with Crippen molar-refractivity contribution in [2.45, 2.75) is 4.90 Å². The summed E-state index contributed by atoms with van der Waals surface area (Å²) in [6.07, 6.45) is 3.97. The number of benzene rings is 2. The van der Waals surface area contributed by atoms with Crippen LogP contribution in [-0.4, -0.2) is 48.1 Å². The van der Waals surface area contributed by atoms with Gasteiger partial charge in [-0.15, -0.1) is 0 Å². The molecule has 144 valence electrons. The molecule has 0 fully saturated rings. The summed E-state index contributed by atoms with van der Waals surface area (Å²) in [6.45, 7) is -0.476. The van der Waals surface area contributed by atoms with E-state index < -0.39 is 28.4 Å². The number of sulfonamides is 1. The third kappa shape index (κ3) is 4.30. The highest BCUT2D eigenvalue weighted by Crippen LogP contribution is 2.21. The Bertz CT molecular complexity index is 1120. The number of carbonyl (C=O) groups excluding carboxylic acids is 2. The van der Waals surface area contributed by atoms with Crippen molar-refractivity contribution in [3.63, 3.8) is 0 Å². The predicted molar refractivity (Wildman–Crippen MR) is 101 cm³/mol. The van der Waals surface area contributed by atoms with Crippen molar-refractivity contribution in [3.05, 3.63) is 66.7 Å². The van der Waals surface area contributed by atoms with E-state index in [1.807, 2.05) is 24.3 Å². The maximum atomic E-state index is 12.7. The van der Waals surface area contributed by atoms with Crippen LogP contribution in [0.25, 0.3) is 10.8 Å². The number of hydrogen-bond acceptors (Lipinski definition) is 6. The summed E-state index contributed by atoms with van der Waals surface area (Å²) in [4.78, 5) is 31.4. The highest BCUT2D eigenvalue weighted by atomic mass is 32.2. The van der Waals surface area contributed by atoms with Crippen molar-refractivity contribution >= 4 is 32.6 Å². The number of hydrogen-bond donors (Lipinski definition) is 2. The van der Waals surface area contributed by atoms with Gasteiger partial charge in [0.25, 0.3) is 11.8 Å². The van der Waals surface area contributed by atoms with Gasteiger partial charge in [0.1, 0.15) is 5.69 Å². The van der Waals surface area contributed by atoms with Crippen LogP contribution in [0.2, 0.25) is 0 Å². The molecule has 28 heavy (non-hydrogen) atoms. The molecule has 2 N–H and O–H groups in total. The first kappa shape index (κ1) is 19.4. The van der Waals surface area contributed by atoms with Crippen LogP contribution < -0.4 is 10.9 Å². The molecule has 0 bridgehead atoms. The molecule has 0 aliphatic rings. The lowest BCUT2D eigenvalue weighted by Crippen LogP contribution is -2.46. The third-order valence-corrected chi connectivity index (χ3v) is 5.71. The zero-order valence-electron chi connectivity index (χ0n) is 14.9. The van der Waals surface area contributed by atoms with Crippen LogP contribution >= 0.6 is 0 Å². The van der Waals surface area contributed by atoms with Gasteiger partial charge in [0.2, 0.25) is 10.0 Å². The fourth-order valence-corrected chi connectivity index (χ4v) is 3.60. The molecule has 0 unspecified atom stereocenters. The molecule has 1 aromatic heterocycles. The average molecular weight is 399 g/mol. The van der Waals surface area contributed by atoms with Gasteiger partial charge < -0.3 is 0 Å². The lowest BCUT2D eigenvalue weighted by atomic mass is 10.1. The summed E-state index contributed by atoms with van der Waals surface area (Å²) in [5.74, 6) is -1.37. The second kappa shape index (κ2) is 8.11. The van der Waals surface area contributed by atoms with Crippen LogP contribution in [0.5, 0.6) is 0 Å². The maximum absolute atomic E-state index is 12.7. The summed E-state index contributed by atoms with van der Waals surface area (Å²) in [6, 6.07) is 12.1. The number of rotatable bonds is 5. The molecule has 3 aromatic rings. The summed E-state index contributed by atoms with van der Waals surface area (Å²) >= 11 is 0. The first-order valence-electron chi connectivity index (χ1n) is 8.18. The van der Waals surface area contributed by atoms with Crippen LogP contribution in [0.15, 0.2) is 66.0 Å². The summed E-state index contributed by atoms with van der Waals surface area (Å²) in [7, 11) is -2.59. The zero-order chi connectivity index (χ0) is 20.1. The van der Waals surface area contributed by atoms with Crippen molar-refractivity contribution in [1.82, 2.24) is 25.1 Å². The molecular formula is C18H17N5O4S. The van der Waals surface area contributed by atoms with Crippen molar-refractivity contribution in [2.24, 2.45) is 0 Å². The Labute approximate surface area is 161 Å². The normalized spacial score (nSPS) is 11.4. The van der Waals surface area contributed by atoms with Crippen molar-refractivity contribution in [2.75, 3.05) is 13.6 Å². The highest BCUT2D eigenvalue weighted by molar-refractivity contribution is 7.89. The lowest BCUT2D eigenvalue weighted by molar-refractivity contribution is -0.121. The van der Waals surface area contributed by atoms with E-state index >= 15 is 0 Å². The standard InChI is InChI=1S/C18H17N5O4S/c1-23(12-17(24)21-22-18(25)16-11-19-8-9-20-16)28(26,27)15-7-6-13-4-2-3-5-14(13)10-15/h2-11H,12H2,1H3,(H,21,24)(H,22,25). The Morgan fingerprint density at radius 1 is 1.04 bits per heavy atom. The first-order chi connectivity index (χ1) is 13.4. The van der Waals surface area contributed by atoms with Crippen LogP contribution in [0, 0.1) is 0 Å². The Morgan fingerprint density at radius 3 is 2.50 bits per heavy atom. The molecule has 0 saturated carbocycles. The van der Waals surface area contributed by atoms with E-state index in [1.54, 1.807) is 12.1 Å². The van der Waals surface area contributed by atoms with E-state index in [-0.39, 0.29) is 10.6 Å². The second-order valence-electron chi connectivity index (χ2n) is 5.86. The fourth-order valence-electron chi connectivity index (χ4n) is 2.44. The molecule has 0 aliphatic heterocycles. The van der Waals surface area contributed by atoms with Crippen LogP contribution in [-0.2, 0) is 14.8 Å². The number of likely N-dealkylation sites (N-methyl/N-ethyl adjacent to an activating group) is 1. The SMILES string of the molecule is CN(CC(=O)NNC(=O)c1cnccn1)S(=O)(=O)c1ccc2ccccc2c1. The van der Waals surface area contributed by atoms with Gasteiger partial charge in [0.15, 0.2) is 0 Å². The van der Waals surface area contributed by atoms with E-state index in [4.69, 9.17) is 0 Å². The third-order valence-electron chi connectivity index (χ3n) is 3.91. The lowest BCUT2D eigenvalue weighted by Gasteiger charge is -2.17. The molecule has 9 nitrogen and oxygen atoms in total. The van der Waals surface area contributed by atoms with Gasteiger partial charge >= 0.3 is 0 Å². The van der Waals surface area contributed by atoms with Gasteiger partial charge in [0.05, 0.1) is 17.6 Å². The van der Waals surface area contributed by atoms with Crippen LogP contribution in [0.1, 0.15) is 10.5 Å². The summed E-state index contributed by atoms with van der Waals surface area (Å²) in [5, 5.41) is 1.69. The van der Waals surface area contributed by atoms with Gasteiger partial charge in [-0.25, -0.2) is 13.4 Å². The Morgan fingerprint density at radius 2 is 1.79 bits per heavy atom. The van der Waals surface area contributed by atoms with Gasteiger partial charge in [0, 0.05) is 19.4 Å². The molecule has 0 saturated heterocycles. The van der Waals surface area contributed by atoms with E-state index in [2.05, 4.69) is 20.8 Å². The minimum Gasteiger partial charge on any atom is -0.272 e. The zero-order valence-corrected chi connectivity index (χ0v) is 15.7. The van der Waals surface area contributed by atoms with Crippen molar-refractivity contribution in [1.29, 1.82) is 0 Å². The summed E-state index contributed by atoms with van der Waals surface area (Å²) < 4.78 is 26.3. The molecule has 0 atom stereocenters. The Kier molecular flexibility index (Phi) is 5.62. The number of nitrogens with one attached hydrogen (secondary N) is 2. The monoisotopic (exact) mass is 399 g/mol. The summed E-state index contributed by atoms with van der Waals surface area (Å²) in [5.41, 5.74) is 4.32. The van der Waals surface area contributed by atoms with Crippen molar-refractivity contribution in [3.8, 4) is 0 Å². The molecule has 0 aliphatic carbocycles. The molecular weight excluding hydrogens is 382 g/mol.